The van der Waals surface area contributed by atoms with Gasteiger partial charge in [-0.3, -0.25) is 9.79 Å². The van der Waals surface area contributed by atoms with E-state index in [2.05, 4.69) is 16.9 Å². The van der Waals surface area contributed by atoms with Crippen molar-refractivity contribution < 1.29 is 9.90 Å². The molecule has 0 saturated carbocycles. The van der Waals surface area contributed by atoms with Crippen LogP contribution in [-0.2, 0) is 4.79 Å². The highest BCUT2D eigenvalue weighted by atomic mass is 16.3. The van der Waals surface area contributed by atoms with Gasteiger partial charge in [0.05, 0.1) is 6.61 Å². The first-order valence-corrected chi connectivity index (χ1v) is 7.89. The summed E-state index contributed by atoms with van der Waals surface area (Å²) < 4.78 is 0. The zero-order valence-electron chi connectivity index (χ0n) is 13.8. The average molecular weight is 327 g/mol. The maximum Gasteiger partial charge on any atom is 0.217 e. The van der Waals surface area contributed by atoms with Crippen molar-refractivity contribution in [3.05, 3.63) is 60.2 Å². The molecule has 0 aromatic heterocycles. The van der Waals surface area contributed by atoms with Gasteiger partial charge < -0.3 is 16.2 Å². The van der Waals surface area contributed by atoms with E-state index in [-0.39, 0.29) is 12.5 Å². The number of aliphatic imine (C=N–C) groups is 1. The molecule has 4 N–H and O–H groups in total. The van der Waals surface area contributed by atoms with E-state index < -0.39 is 0 Å². The van der Waals surface area contributed by atoms with E-state index in [9.17, 15) is 4.79 Å². The second kappa shape index (κ2) is 11.8. The van der Waals surface area contributed by atoms with Gasteiger partial charge in [-0.05, 0) is 35.8 Å². The number of nitrogens with two attached hydrogens (primary N) is 1. The number of hydrogen-bond acceptors (Lipinski definition) is 4. The van der Waals surface area contributed by atoms with Crippen molar-refractivity contribution in [2.45, 2.75) is 12.8 Å². The predicted octanol–water partition coefficient (Wildman–Crippen LogP) is 2.55. The van der Waals surface area contributed by atoms with Crippen LogP contribution in [-0.4, -0.2) is 36.9 Å². The third-order valence-electron chi connectivity index (χ3n) is 3.14. The molecule has 24 heavy (non-hydrogen) atoms. The van der Waals surface area contributed by atoms with Gasteiger partial charge in [-0.15, -0.1) is 0 Å². The fraction of sp³-hybridized carbons (Fsp3) is 0.263. The van der Waals surface area contributed by atoms with Crippen LogP contribution in [0.2, 0.25) is 0 Å². The summed E-state index contributed by atoms with van der Waals surface area (Å²) in [6.45, 7) is 5.01. The Hall–Kier alpha value is -2.66. The van der Waals surface area contributed by atoms with E-state index in [1.165, 1.54) is 0 Å². The number of primary amides is 1. The van der Waals surface area contributed by atoms with Crippen molar-refractivity contribution in [3.8, 4) is 0 Å². The molecule has 1 aromatic carbocycles. The Balaban J connectivity index is 2.52. The molecule has 0 bridgehead atoms. The van der Waals surface area contributed by atoms with Gasteiger partial charge in [0.1, 0.15) is 0 Å². The maximum atomic E-state index is 10.6. The summed E-state index contributed by atoms with van der Waals surface area (Å²) in [5, 5.41) is 11.9. The lowest BCUT2D eigenvalue weighted by Gasteiger charge is -2.03. The zero-order valence-corrected chi connectivity index (χ0v) is 13.8. The zero-order chi connectivity index (χ0) is 17.6. The summed E-state index contributed by atoms with van der Waals surface area (Å²) in [4.78, 5) is 14.8. The predicted molar refractivity (Wildman–Crippen MR) is 101 cm³/mol. The fourth-order valence-electron chi connectivity index (χ4n) is 1.85. The topological polar surface area (TPSA) is 87.7 Å². The van der Waals surface area contributed by atoms with E-state index in [1.807, 2.05) is 42.5 Å². The minimum absolute atomic E-state index is 0.110. The smallest absolute Gasteiger partial charge is 0.217 e. The van der Waals surface area contributed by atoms with Gasteiger partial charge in [0.25, 0.3) is 0 Å². The van der Waals surface area contributed by atoms with Gasteiger partial charge >= 0.3 is 0 Å². The summed E-state index contributed by atoms with van der Waals surface area (Å²) in [5.41, 5.74) is 8.05. The normalized spacial score (nSPS) is 12.0. The summed E-state index contributed by atoms with van der Waals surface area (Å²) in [7, 11) is 0. The lowest BCUT2D eigenvalue weighted by Crippen LogP contribution is -2.10. The van der Waals surface area contributed by atoms with Crippen LogP contribution in [0.5, 0.6) is 0 Å². The molecule has 0 aliphatic heterocycles. The standard InChI is InChI=1S/C19H25N3O2/c1-2-16(11-13-21-12-3-4-19(20)24)5-6-17-7-9-18(10-8-17)22-14-15-23/h2,5-11,13,22-23H,1,3-4,12,14-15H2,(H2,20,24)/b6-5+,16-11+,21-13?. The number of nitrogens with one attached hydrogen (secondary N) is 1. The minimum Gasteiger partial charge on any atom is -0.395 e. The van der Waals surface area contributed by atoms with Crippen LogP contribution in [0.4, 0.5) is 5.69 Å². The highest BCUT2D eigenvalue weighted by Gasteiger charge is 1.92. The van der Waals surface area contributed by atoms with E-state index in [4.69, 9.17) is 10.8 Å². The number of anilines is 1. The number of carbonyl (C=O) groups is 1. The van der Waals surface area contributed by atoms with Gasteiger partial charge in [0.2, 0.25) is 5.91 Å². The fourth-order valence-corrected chi connectivity index (χ4v) is 1.85. The Bertz CT molecular complexity index is 602. The molecule has 0 unspecified atom stereocenters. The highest BCUT2D eigenvalue weighted by molar-refractivity contribution is 5.75. The Morgan fingerprint density at radius 2 is 2.08 bits per heavy atom. The maximum absolute atomic E-state index is 10.6. The summed E-state index contributed by atoms with van der Waals surface area (Å²) >= 11 is 0. The van der Waals surface area contributed by atoms with Crippen LogP contribution in [0.3, 0.4) is 0 Å². The van der Waals surface area contributed by atoms with Crippen molar-refractivity contribution >= 4 is 23.9 Å². The number of rotatable bonds is 11. The number of benzene rings is 1. The van der Waals surface area contributed by atoms with Crippen molar-refractivity contribution in [1.82, 2.24) is 0 Å². The SMILES string of the molecule is C=CC(/C=C/c1ccc(NCCO)cc1)=C\C=NCCCC(N)=O. The molecule has 0 heterocycles. The Kier molecular flexibility index (Phi) is 9.57. The Morgan fingerprint density at radius 3 is 2.71 bits per heavy atom. The van der Waals surface area contributed by atoms with Gasteiger partial charge in [0, 0.05) is 31.4 Å². The van der Waals surface area contributed by atoms with E-state index in [0.29, 0.717) is 25.9 Å². The number of nitrogens with zero attached hydrogens (tertiary/aromatic N) is 1. The van der Waals surface area contributed by atoms with Crippen LogP contribution in [0.1, 0.15) is 18.4 Å². The second-order valence-corrected chi connectivity index (χ2v) is 5.10. The van der Waals surface area contributed by atoms with Crippen LogP contribution in [0.25, 0.3) is 6.08 Å². The molecule has 128 valence electrons. The monoisotopic (exact) mass is 327 g/mol. The van der Waals surface area contributed by atoms with Gasteiger partial charge in [-0.2, -0.15) is 0 Å². The van der Waals surface area contributed by atoms with E-state index >= 15 is 0 Å². The van der Waals surface area contributed by atoms with Crippen molar-refractivity contribution in [2.75, 3.05) is 25.0 Å². The molecule has 1 amide bonds. The van der Waals surface area contributed by atoms with Gasteiger partial charge in [-0.1, -0.05) is 36.9 Å². The molecule has 0 aliphatic rings. The third-order valence-corrected chi connectivity index (χ3v) is 3.14. The van der Waals surface area contributed by atoms with Gasteiger partial charge in [-0.25, -0.2) is 0 Å². The Morgan fingerprint density at radius 1 is 1.33 bits per heavy atom. The Labute approximate surface area is 143 Å². The highest BCUT2D eigenvalue weighted by Crippen LogP contribution is 2.11. The van der Waals surface area contributed by atoms with E-state index in [1.54, 1.807) is 12.3 Å². The molecule has 0 atom stereocenters. The summed E-state index contributed by atoms with van der Waals surface area (Å²) in [5.74, 6) is -0.298. The quantitative estimate of drug-likeness (QED) is 0.331. The number of allylic oxidation sites excluding steroid dienone is 4. The molecular weight excluding hydrogens is 302 g/mol. The lowest BCUT2D eigenvalue weighted by atomic mass is 10.1. The first kappa shape index (κ1) is 19.4. The van der Waals surface area contributed by atoms with Crippen molar-refractivity contribution in [2.24, 2.45) is 10.7 Å². The van der Waals surface area contributed by atoms with Crippen LogP contribution in [0.15, 0.2) is 59.6 Å². The molecule has 0 fully saturated rings. The average Bonchev–Trinajstić information content (AvgIpc) is 2.59. The van der Waals surface area contributed by atoms with Crippen molar-refractivity contribution in [3.63, 3.8) is 0 Å². The lowest BCUT2D eigenvalue weighted by molar-refractivity contribution is -0.118. The molecule has 0 aliphatic carbocycles. The van der Waals surface area contributed by atoms with Crippen LogP contribution < -0.4 is 11.1 Å². The molecule has 0 spiro atoms. The van der Waals surface area contributed by atoms with Crippen LogP contribution >= 0.6 is 0 Å². The summed E-state index contributed by atoms with van der Waals surface area (Å²) in [6.07, 6.45) is 10.3. The number of carbonyl (C=O) groups excluding carboxylic acids is 1. The second-order valence-electron chi connectivity index (χ2n) is 5.10. The number of hydrogen-bond donors (Lipinski definition) is 3. The minimum atomic E-state index is -0.298. The molecule has 5 heteroatoms. The molecule has 5 nitrogen and oxygen atoms in total. The van der Waals surface area contributed by atoms with Crippen LogP contribution in [0, 0.1) is 0 Å². The molecule has 0 saturated heterocycles. The molecule has 0 radical (unpaired) electrons. The number of aliphatic hydroxyl groups excluding tert-OH is 1. The third kappa shape index (κ3) is 8.70. The summed E-state index contributed by atoms with van der Waals surface area (Å²) in [6, 6.07) is 7.92. The number of amides is 1. The molecule has 1 rings (SSSR count). The number of aliphatic hydroxyl groups is 1. The van der Waals surface area contributed by atoms with Crippen molar-refractivity contribution in [1.29, 1.82) is 0 Å². The van der Waals surface area contributed by atoms with E-state index in [0.717, 1.165) is 16.8 Å². The largest absolute Gasteiger partial charge is 0.395 e. The molecule has 1 aromatic rings. The first-order chi connectivity index (χ1) is 11.7. The molecular formula is C19H25N3O2. The van der Waals surface area contributed by atoms with Gasteiger partial charge in [0.15, 0.2) is 0 Å². The first-order valence-electron chi connectivity index (χ1n) is 7.89.